The highest BCUT2D eigenvalue weighted by atomic mass is 32.1. The van der Waals surface area contributed by atoms with Crippen LogP contribution in [0.3, 0.4) is 0 Å². The van der Waals surface area contributed by atoms with E-state index in [0.717, 1.165) is 16.9 Å². The first kappa shape index (κ1) is 11.8. The Morgan fingerprint density at radius 1 is 1.24 bits per heavy atom. The van der Waals surface area contributed by atoms with Gasteiger partial charge in [-0.15, -0.1) is 6.42 Å². The van der Waals surface area contributed by atoms with Gasteiger partial charge in [0, 0.05) is 5.56 Å². The van der Waals surface area contributed by atoms with Gasteiger partial charge in [-0.25, -0.2) is 0 Å². The molecule has 0 saturated heterocycles. The fraction of sp³-hybridized carbons (Fsp3) is 0.200. The molecule has 0 fully saturated rings. The molecule has 1 aromatic carbocycles. The van der Waals surface area contributed by atoms with Gasteiger partial charge in [0.15, 0.2) is 0 Å². The normalized spacial score (nSPS) is 10.2. The molecule has 2 aromatic rings. The SMILES string of the molecule is C#Cc1cc(OC(C)C)cc(-c2ccsc2)c1. The van der Waals surface area contributed by atoms with Crippen molar-refractivity contribution >= 4 is 11.3 Å². The highest BCUT2D eigenvalue weighted by Crippen LogP contribution is 2.28. The molecule has 0 aliphatic heterocycles. The van der Waals surface area contributed by atoms with Crippen LogP contribution in [0.25, 0.3) is 11.1 Å². The molecule has 1 nitrogen and oxygen atoms in total. The van der Waals surface area contributed by atoms with E-state index in [-0.39, 0.29) is 6.10 Å². The van der Waals surface area contributed by atoms with Crippen molar-refractivity contribution < 1.29 is 4.74 Å². The predicted molar refractivity (Wildman–Crippen MR) is 73.5 cm³/mol. The second kappa shape index (κ2) is 5.07. The van der Waals surface area contributed by atoms with Gasteiger partial charge in [0.05, 0.1) is 6.10 Å². The molecule has 0 spiro atoms. The highest BCUT2D eigenvalue weighted by Gasteiger charge is 2.05. The van der Waals surface area contributed by atoms with Gasteiger partial charge >= 0.3 is 0 Å². The van der Waals surface area contributed by atoms with Gasteiger partial charge < -0.3 is 4.74 Å². The second-order valence-corrected chi connectivity index (χ2v) is 4.85. The Labute approximate surface area is 106 Å². The molecule has 2 rings (SSSR count). The molecule has 17 heavy (non-hydrogen) atoms. The summed E-state index contributed by atoms with van der Waals surface area (Å²) < 4.78 is 5.70. The fourth-order valence-electron chi connectivity index (χ4n) is 1.62. The molecule has 0 radical (unpaired) electrons. The standard InChI is InChI=1S/C15H14OS/c1-4-12-7-14(13-5-6-17-10-13)9-15(8-12)16-11(2)3/h1,5-11H,2-3H3. The molecule has 0 N–H and O–H groups in total. The van der Waals surface area contributed by atoms with Crippen LogP contribution >= 0.6 is 11.3 Å². The van der Waals surface area contributed by atoms with Gasteiger partial charge in [0.1, 0.15) is 5.75 Å². The first-order chi connectivity index (χ1) is 8.19. The highest BCUT2D eigenvalue weighted by molar-refractivity contribution is 7.08. The number of rotatable bonds is 3. The lowest BCUT2D eigenvalue weighted by molar-refractivity contribution is 0.242. The van der Waals surface area contributed by atoms with Crippen LogP contribution in [-0.4, -0.2) is 6.10 Å². The van der Waals surface area contributed by atoms with E-state index in [0.29, 0.717) is 0 Å². The van der Waals surface area contributed by atoms with Crippen LogP contribution in [0.1, 0.15) is 19.4 Å². The van der Waals surface area contributed by atoms with Crippen LogP contribution < -0.4 is 4.74 Å². The maximum absolute atomic E-state index is 5.70. The number of thiophene rings is 1. The first-order valence-electron chi connectivity index (χ1n) is 5.50. The van der Waals surface area contributed by atoms with Gasteiger partial charge in [0.2, 0.25) is 0 Å². The van der Waals surface area contributed by atoms with Crippen LogP contribution in [0.2, 0.25) is 0 Å². The third-order valence-electron chi connectivity index (χ3n) is 2.30. The topological polar surface area (TPSA) is 9.23 Å². The summed E-state index contributed by atoms with van der Waals surface area (Å²) in [6, 6.07) is 8.02. The molecular formula is C15H14OS. The van der Waals surface area contributed by atoms with Crippen molar-refractivity contribution in [3.05, 3.63) is 40.6 Å². The number of benzene rings is 1. The molecule has 0 bridgehead atoms. The smallest absolute Gasteiger partial charge is 0.121 e. The van der Waals surface area contributed by atoms with E-state index >= 15 is 0 Å². The Balaban J connectivity index is 2.43. The number of ether oxygens (including phenoxy) is 1. The molecule has 0 aliphatic rings. The summed E-state index contributed by atoms with van der Waals surface area (Å²) in [7, 11) is 0. The number of terminal acetylenes is 1. The average molecular weight is 242 g/mol. The molecule has 0 amide bonds. The van der Waals surface area contributed by atoms with Crippen LogP contribution in [0.4, 0.5) is 0 Å². The van der Waals surface area contributed by atoms with Crippen molar-refractivity contribution in [2.45, 2.75) is 20.0 Å². The largest absolute Gasteiger partial charge is 0.491 e. The summed E-state index contributed by atoms with van der Waals surface area (Å²) in [5, 5.41) is 4.16. The molecule has 1 heterocycles. The molecule has 0 aliphatic carbocycles. The minimum absolute atomic E-state index is 0.151. The maximum atomic E-state index is 5.70. The predicted octanol–water partition coefficient (Wildman–Crippen LogP) is 4.18. The number of hydrogen-bond acceptors (Lipinski definition) is 2. The Bertz CT molecular complexity index is 533. The zero-order chi connectivity index (χ0) is 12.3. The van der Waals surface area contributed by atoms with E-state index in [9.17, 15) is 0 Å². The quantitative estimate of drug-likeness (QED) is 0.733. The van der Waals surface area contributed by atoms with E-state index in [1.54, 1.807) is 11.3 Å². The second-order valence-electron chi connectivity index (χ2n) is 4.07. The lowest BCUT2D eigenvalue weighted by atomic mass is 10.1. The summed E-state index contributed by atoms with van der Waals surface area (Å²) in [6.45, 7) is 4.01. The molecule has 86 valence electrons. The first-order valence-corrected chi connectivity index (χ1v) is 6.44. The summed E-state index contributed by atoms with van der Waals surface area (Å²) >= 11 is 1.68. The molecule has 2 heteroatoms. The van der Waals surface area contributed by atoms with Crippen molar-refractivity contribution in [3.63, 3.8) is 0 Å². The fourth-order valence-corrected chi connectivity index (χ4v) is 2.28. The zero-order valence-electron chi connectivity index (χ0n) is 9.94. The van der Waals surface area contributed by atoms with Crippen molar-refractivity contribution in [3.8, 4) is 29.2 Å². The van der Waals surface area contributed by atoms with E-state index in [1.807, 2.05) is 32.0 Å². The molecule has 0 saturated carbocycles. The monoisotopic (exact) mass is 242 g/mol. The van der Waals surface area contributed by atoms with Crippen molar-refractivity contribution in [1.82, 2.24) is 0 Å². The van der Waals surface area contributed by atoms with E-state index in [4.69, 9.17) is 11.2 Å². The van der Waals surface area contributed by atoms with Gasteiger partial charge in [-0.3, -0.25) is 0 Å². The van der Waals surface area contributed by atoms with Crippen molar-refractivity contribution in [2.75, 3.05) is 0 Å². The van der Waals surface area contributed by atoms with Crippen LogP contribution in [0.5, 0.6) is 5.75 Å². The van der Waals surface area contributed by atoms with E-state index < -0.39 is 0 Å². The summed E-state index contributed by atoms with van der Waals surface area (Å²) in [6.07, 6.45) is 5.62. The minimum Gasteiger partial charge on any atom is -0.491 e. The Morgan fingerprint density at radius 3 is 2.65 bits per heavy atom. The Hall–Kier alpha value is -1.72. The average Bonchev–Trinajstić information content (AvgIpc) is 2.81. The summed E-state index contributed by atoms with van der Waals surface area (Å²) in [5.41, 5.74) is 3.14. The van der Waals surface area contributed by atoms with Gasteiger partial charge in [0.25, 0.3) is 0 Å². The lowest BCUT2D eigenvalue weighted by Gasteiger charge is -2.11. The zero-order valence-corrected chi connectivity index (χ0v) is 10.8. The van der Waals surface area contributed by atoms with Gasteiger partial charge in [-0.1, -0.05) is 5.92 Å². The van der Waals surface area contributed by atoms with Crippen LogP contribution in [0.15, 0.2) is 35.0 Å². The third-order valence-corrected chi connectivity index (χ3v) is 2.98. The molecule has 0 unspecified atom stereocenters. The Kier molecular flexibility index (Phi) is 3.51. The van der Waals surface area contributed by atoms with Crippen molar-refractivity contribution in [2.24, 2.45) is 0 Å². The summed E-state index contributed by atoms with van der Waals surface area (Å²) in [5.74, 6) is 3.50. The molecular weight excluding hydrogens is 228 g/mol. The van der Waals surface area contributed by atoms with Crippen LogP contribution in [0, 0.1) is 12.3 Å². The van der Waals surface area contributed by atoms with Gasteiger partial charge in [-0.2, -0.15) is 11.3 Å². The van der Waals surface area contributed by atoms with Crippen LogP contribution in [-0.2, 0) is 0 Å². The third kappa shape index (κ3) is 2.89. The lowest BCUT2D eigenvalue weighted by Crippen LogP contribution is -2.05. The summed E-state index contributed by atoms with van der Waals surface area (Å²) in [4.78, 5) is 0. The molecule has 0 atom stereocenters. The van der Waals surface area contributed by atoms with E-state index in [1.165, 1.54) is 5.56 Å². The van der Waals surface area contributed by atoms with Crippen molar-refractivity contribution in [1.29, 1.82) is 0 Å². The van der Waals surface area contributed by atoms with Gasteiger partial charge in [-0.05, 0) is 60.0 Å². The molecule has 1 aromatic heterocycles. The number of hydrogen-bond donors (Lipinski definition) is 0. The van der Waals surface area contributed by atoms with E-state index in [2.05, 4.69) is 22.7 Å². The Morgan fingerprint density at radius 2 is 2.06 bits per heavy atom. The maximum Gasteiger partial charge on any atom is 0.121 e. The minimum atomic E-state index is 0.151.